The Morgan fingerprint density at radius 2 is 1.78 bits per heavy atom. The Labute approximate surface area is 135 Å². The zero-order valence-corrected chi connectivity index (χ0v) is 12.8. The van der Waals surface area contributed by atoms with Crippen LogP contribution < -0.4 is 0 Å². The van der Waals surface area contributed by atoms with Crippen molar-refractivity contribution in [2.75, 3.05) is 0 Å². The Morgan fingerprint density at radius 3 is 2.39 bits per heavy atom. The zero-order chi connectivity index (χ0) is 16.1. The summed E-state index contributed by atoms with van der Waals surface area (Å²) in [5.41, 5.74) is 2.61. The van der Waals surface area contributed by atoms with Crippen LogP contribution >= 0.6 is 0 Å². The summed E-state index contributed by atoms with van der Waals surface area (Å²) in [6, 6.07) is 19.4. The van der Waals surface area contributed by atoms with E-state index in [1.165, 1.54) is 0 Å². The third-order valence-electron chi connectivity index (χ3n) is 3.86. The Kier molecular flexibility index (Phi) is 4.58. The molecule has 1 saturated carbocycles. The van der Waals surface area contributed by atoms with E-state index in [1.807, 2.05) is 42.5 Å². The second kappa shape index (κ2) is 6.97. The molecule has 0 aromatic heterocycles. The van der Waals surface area contributed by atoms with Crippen molar-refractivity contribution >= 4 is 6.09 Å². The first-order chi connectivity index (χ1) is 11.3. The van der Waals surface area contributed by atoms with Crippen molar-refractivity contribution in [1.29, 1.82) is 5.26 Å². The van der Waals surface area contributed by atoms with Crippen LogP contribution in [-0.2, 0) is 17.9 Å². The van der Waals surface area contributed by atoms with E-state index in [2.05, 4.69) is 6.07 Å². The molecule has 4 nitrogen and oxygen atoms in total. The maximum absolute atomic E-state index is 12.4. The van der Waals surface area contributed by atoms with Gasteiger partial charge in [0.1, 0.15) is 6.61 Å². The Bertz CT molecular complexity index is 700. The first-order valence-corrected chi connectivity index (χ1v) is 7.72. The number of amides is 1. The molecule has 23 heavy (non-hydrogen) atoms. The number of nitriles is 1. The molecule has 0 spiro atoms. The molecule has 0 N–H and O–H groups in total. The SMILES string of the molecule is N#Cc1ccc(CN(C(=O)OCc2ccccc2)C2CC2)cc1. The second-order valence-electron chi connectivity index (χ2n) is 5.71. The van der Waals surface area contributed by atoms with E-state index in [9.17, 15) is 4.79 Å². The van der Waals surface area contributed by atoms with Crippen LogP contribution in [0, 0.1) is 11.3 Å². The average Bonchev–Trinajstić information content (AvgIpc) is 3.44. The summed E-state index contributed by atoms with van der Waals surface area (Å²) in [5.74, 6) is 0. The van der Waals surface area contributed by atoms with Gasteiger partial charge in [-0.05, 0) is 36.1 Å². The Hall–Kier alpha value is -2.80. The molecule has 3 rings (SSSR count). The van der Waals surface area contributed by atoms with Gasteiger partial charge in [-0.2, -0.15) is 5.26 Å². The molecule has 4 heteroatoms. The van der Waals surface area contributed by atoms with Gasteiger partial charge in [-0.1, -0.05) is 42.5 Å². The van der Waals surface area contributed by atoms with Gasteiger partial charge >= 0.3 is 6.09 Å². The van der Waals surface area contributed by atoms with Gasteiger partial charge in [-0.15, -0.1) is 0 Å². The minimum Gasteiger partial charge on any atom is -0.445 e. The van der Waals surface area contributed by atoms with Crippen LogP contribution in [0.3, 0.4) is 0 Å². The monoisotopic (exact) mass is 306 g/mol. The highest BCUT2D eigenvalue weighted by Gasteiger charge is 2.33. The lowest BCUT2D eigenvalue weighted by Gasteiger charge is -2.22. The van der Waals surface area contributed by atoms with Gasteiger partial charge < -0.3 is 9.64 Å². The molecule has 1 aliphatic rings. The zero-order valence-electron chi connectivity index (χ0n) is 12.8. The van der Waals surface area contributed by atoms with E-state index in [1.54, 1.807) is 17.0 Å². The fraction of sp³-hybridized carbons (Fsp3) is 0.263. The molecular weight excluding hydrogens is 288 g/mol. The lowest BCUT2D eigenvalue weighted by atomic mass is 10.1. The highest BCUT2D eigenvalue weighted by Crippen LogP contribution is 2.29. The smallest absolute Gasteiger partial charge is 0.410 e. The minimum absolute atomic E-state index is 0.272. The minimum atomic E-state index is -0.277. The summed E-state index contributed by atoms with van der Waals surface area (Å²) in [6.45, 7) is 0.806. The summed E-state index contributed by atoms with van der Waals surface area (Å²) in [5, 5.41) is 8.84. The number of benzene rings is 2. The van der Waals surface area contributed by atoms with Crippen LogP contribution in [0.25, 0.3) is 0 Å². The number of hydrogen-bond donors (Lipinski definition) is 0. The van der Waals surface area contributed by atoms with Crippen LogP contribution in [0.4, 0.5) is 4.79 Å². The second-order valence-corrected chi connectivity index (χ2v) is 5.71. The molecule has 0 bridgehead atoms. The number of nitrogens with zero attached hydrogens (tertiary/aromatic N) is 2. The predicted octanol–water partition coefficient (Wildman–Crippen LogP) is 3.86. The number of ether oxygens (including phenoxy) is 1. The van der Waals surface area contributed by atoms with E-state index in [0.29, 0.717) is 12.1 Å². The van der Waals surface area contributed by atoms with Crippen LogP contribution in [-0.4, -0.2) is 17.0 Å². The molecule has 0 unspecified atom stereocenters. The van der Waals surface area contributed by atoms with Crippen molar-refractivity contribution in [2.24, 2.45) is 0 Å². The molecule has 2 aromatic carbocycles. The van der Waals surface area contributed by atoms with Gasteiger partial charge in [0.15, 0.2) is 0 Å². The van der Waals surface area contributed by atoms with Crippen molar-refractivity contribution in [2.45, 2.75) is 32.0 Å². The topological polar surface area (TPSA) is 53.3 Å². The predicted molar refractivity (Wildman–Crippen MR) is 86.3 cm³/mol. The molecule has 1 amide bonds. The number of rotatable bonds is 5. The summed E-state index contributed by atoms with van der Waals surface area (Å²) in [4.78, 5) is 14.2. The number of carbonyl (C=O) groups is 1. The first kappa shape index (κ1) is 15.1. The molecule has 1 aliphatic carbocycles. The maximum Gasteiger partial charge on any atom is 0.410 e. The summed E-state index contributed by atoms with van der Waals surface area (Å²) < 4.78 is 5.44. The molecule has 0 atom stereocenters. The standard InChI is InChI=1S/C19H18N2O2/c20-12-15-6-8-16(9-7-15)13-21(18-10-11-18)19(22)23-14-17-4-2-1-3-5-17/h1-9,18H,10-11,13-14H2. The molecule has 0 saturated heterocycles. The van der Waals surface area contributed by atoms with Gasteiger partial charge in [0.05, 0.1) is 11.6 Å². The summed E-state index contributed by atoms with van der Waals surface area (Å²) in [7, 11) is 0. The van der Waals surface area contributed by atoms with E-state index in [4.69, 9.17) is 10.00 Å². The summed E-state index contributed by atoms with van der Waals surface area (Å²) >= 11 is 0. The fourth-order valence-corrected chi connectivity index (χ4v) is 2.41. The van der Waals surface area contributed by atoms with Gasteiger partial charge in [-0.3, -0.25) is 0 Å². The van der Waals surface area contributed by atoms with E-state index < -0.39 is 0 Å². The highest BCUT2D eigenvalue weighted by atomic mass is 16.6. The molecular formula is C19H18N2O2. The van der Waals surface area contributed by atoms with E-state index in [-0.39, 0.29) is 18.7 Å². The molecule has 116 valence electrons. The molecule has 0 aliphatic heterocycles. The first-order valence-electron chi connectivity index (χ1n) is 7.72. The number of carbonyl (C=O) groups excluding carboxylic acids is 1. The molecule has 1 fully saturated rings. The normalized spacial score (nSPS) is 13.2. The third kappa shape index (κ3) is 4.10. The van der Waals surface area contributed by atoms with Crippen molar-refractivity contribution in [1.82, 2.24) is 4.90 Å². The van der Waals surface area contributed by atoms with Crippen molar-refractivity contribution < 1.29 is 9.53 Å². The third-order valence-corrected chi connectivity index (χ3v) is 3.86. The van der Waals surface area contributed by atoms with Crippen molar-refractivity contribution in [3.8, 4) is 6.07 Å². The Balaban J connectivity index is 1.61. The van der Waals surface area contributed by atoms with Crippen LogP contribution in [0.2, 0.25) is 0 Å². The van der Waals surface area contributed by atoms with E-state index >= 15 is 0 Å². The quantitative estimate of drug-likeness (QED) is 0.843. The molecule has 0 radical (unpaired) electrons. The lowest BCUT2D eigenvalue weighted by Crippen LogP contribution is -2.33. The largest absolute Gasteiger partial charge is 0.445 e. The van der Waals surface area contributed by atoms with Crippen molar-refractivity contribution in [3.05, 3.63) is 71.3 Å². The van der Waals surface area contributed by atoms with Crippen LogP contribution in [0.15, 0.2) is 54.6 Å². The maximum atomic E-state index is 12.4. The number of hydrogen-bond acceptors (Lipinski definition) is 3. The van der Waals surface area contributed by atoms with Crippen molar-refractivity contribution in [3.63, 3.8) is 0 Å². The van der Waals surface area contributed by atoms with Gasteiger partial charge in [0.25, 0.3) is 0 Å². The fourth-order valence-electron chi connectivity index (χ4n) is 2.41. The van der Waals surface area contributed by atoms with Gasteiger partial charge in [0, 0.05) is 12.6 Å². The van der Waals surface area contributed by atoms with E-state index in [0.717, 1.165) is 24.0 Å². The van der Waals surface area contributed by atoms with Gasteiger partial charge in [-0.25, -0.2) is 4.79 Å². The molecule has 0 heterocycles. The van der Waals surface area contributed by atoms with Crippen LogP contribution in [0.5, 0.6) is 0 Å². The lowest BCUT2D eigenvalue weighted by molar-refractivity contribution is 0.0909. The Morgan fingerprint density at radius 1 is 1.09 bits per heavy atom. The van der Waals surface area contributed by atoms with Crippen LogP contribution in [0.1, 0.15) is 29.5 Å². The highest BCUT2D eigenvalue weighted by molar-refractivity contribution is 5.68. The molecule has 2 aromatic rings. The average molecular weight is 306 g/mol. The summed E-state index contributed by atoms with van der Waals surface area (Å²) in [6.07, 6.45) is 1.77. The van der Waals surface area contributed by atoms with Gasteiger partial charge in [0.2, 0.25) is 0 Å².